The van der Waals surface area contributed by atoms with Crippen molar-refractivity contribution < 1.29 is 9.13 Å². The van der Waals surface area contributed by atoms with Crippen LogP contribution in [0.3, 0.4) is 0 Å². The van der Waals surface area contributed by atoms with Gasteiger partial charge in [0.05, 0.1) is 13.3 Å². The lowest BCUT2D eigenvalue weighted by Gasteiger charge is -1.97. The Kier molecular flexibility index (Phi) is 1.66. The summed E-state index contributed by atoms with van der Waals surface area (Å²) in [5, 5.41) is 0. The number of nitrogens with zero attached hydrogens (tertiary/aromatic N) is 2. The molecule has 54 valence electrons. The van der Waals surface area contributed by atoms with E-state index in [-0.39, 0.29) is 11.7 Å². The van der Waals surface area contributed by atoms with Crippen LogP contribution in [0.25, 0.3) is 0 Å². The highest BCUT2D eigenvalue weighted by Gasteiger charge is 2.01. The molecule has 4 nitrogen and oxygen atoms in total. The molecule has 0 radical (unpaired) electrons. The molecule has 1 aromatic rings. The summed E-state index contributed by atoms with van der Waals surface area (Å²) in [5.41, 5.74) is 5.04. The molecule has 0 bridgehead atoms. The van der Waals surface area contributed by atoms with Gasteiger partial charge < -0.3 is 10.5 Å². The summed E-state index contributed by atoms with van der Waals surface area (Å²) in [6, 6.07) is 0. The van der Waals surface area contributed by atoms with Crippen molar-refractivity contribution >= 4 is 5.82 Å². The van der Waals surface area contributed by atoms with Crippen LogP contribution in [0.15, 0.2) is 6.20 Å². The van der Waals surface area contributed by atoms with Gasteiger partial charge in [0.2, 0.25) is 5.88 Å². The van der Waals surface area contributed by atoms with Gasteiger partial charge in [-0.25, -0.2) is 4.98 Å². The minimum atomic E-state index is -0.806. The molecular formula is C5H6FN3O. The molecule has 10 heavy (non-hydrogen) atoms. The van der Waals surface area contributed by atoms with Crippen LogP contribution < -0.4 is 10.5 Å². The van der Waals surface area contributed by atoms with Gasteiger partial charge in [-0.3, -0.25) is 0 Å². The molecule has 0 aliphatic heterocycles. The number of nitrogens with two attached hydrogens (primary N) is 1. The molecule has 0 atom stereocenters. The first kappa shape index (κ1) is 6.73. The fraction of sp³-hybridized carbons (Fsp3) is 0.200. The number of rotatable bonds is 1. The van der Waals surface area contributed by atoms with Crippen LogP contribution in [-0.2, 0) is 0 Å². The number of halogens is 1. The van der Waals surface area contributed by atoms with Gasteiger partial charge in [0.25, 0.3) is 5.95 Å². The second-order valence-electron chi connectivity index (χ2n) is 1.59. The minimum absolute atomic E-state index is 0.117. The molecule has 2 N–H and O–H groups in total. The lowest BCUT2D eigenvalue weighted by Crippen LogP contribution is -1.99. The molecule has 1 heterocycles. The van der Waals surface area contributed by atoms with Gasteiger partial charge in [-0.15, -0.1) is 0 Å². The Bertz CT molecular complexity index is 240. The van der Waals surface area contributed by atoms with Gasteiger partial charge in [0.1, 0.15) is 0 Å². The largest absolute Gasteiger partial charge is 0.480 e. The van der Waals surface area contributed by atoms with Gasteiger partial charge in [-0.05, 0) is 0 Å². The molecular weight excluding hydrogens is 137 g/mol. The molecule has 1 aromatic heterocycles. The zero-order valence-electron chi connectivity index (χ0n) is 5.34. The number of aromatic nitrogens is 2. The van der Waals surface area contributed by atoms with E-state index in [0.717, 1.165) is 0 Å². The highest BCUT2D eigenvalue weighted by atomic mass is 19.1. The van der Waals surface area contributed by atoms with Gasteiger partial charge in [-0.2, -0.15) is 9.37 Å². The highest BCUT2D eigenvalue weighted by Crippen LogP contribution is 2.07. The quantitative estimate of drug-likeness (QED) is 0.610. The van der Waals surface area contributed by atoms with E-state index in [1.165, 1.54) is 13.3 Å². The summed E-state index contributed by atoms with van der Waals surface area (Å²) in [6.45, 7) is 0. The first-order valence-corrected chi connectivity index (χ1v) is 2.56. The average Bonchev–Trinajstić information content (AvgIpc) is 1.95. The number of ether oxygens (including phenoxy) is 1. The molecule has 0 amide bonds. The van der Waals surface area contributed by atoms with Crippen LogP contribution in [0.2, 0.25) is 0 Å². The van der Waals surface area contributed by atoms with Crippen molar-refractivity contribution in [3.05, 3.63) is 12.1 Å². The third-order valence-electron chi connectivity index (χ3n) is 0.943. The van der Waals surface area contributed by atoms with E-state index >= 15 is 0 Å². The van der Waals surface area contributed by atoms with Crippen molar-refractivity contribution in [3.8, 4) is 5.88 Å². The Morgan fingerprint density at radius 1 is 1.70 bits per heavy atom. The van der Waals surface area contributed by atoms with Crippen LogP contribution >= 0.6 is 0 Å². The van der Waals surface area contributed by atoms with Crippen LogP contribution in [0, 0.1) is 5.95 Å². The van der Waals surface area contributed by atoms with Gasteiger partial charge in [-0.1, -0.05) is 0 Å². The Morgan fingerprint density at radius 2 is 2.40 bits per heavy atom. The highest BCUT2D eigenvalue weighted by molar-refractivity contribution is 5.26. The summed E-state index contributed by atoms with van der Waals surface area (Å²) < 4.78 is 17.0. The van der Waals surface area contributed by atoms with E-state index in [1.54, 1.807) is 0 Å². The van der Waals surface area contributed by atoms with Crippen molar-refractivity contribution in [3.63, 3.8) is 0 Å². The normalized spacial score (nSPS) is 9.40. The number of nitrogen functional groups attached to an aromatic ring is 1. The number of hydrogen-bond acceptors (Lipinski definition) is 4. The summed E-state index contributed by atoms with van der Waals surface area (Å²) in [6.07, 6.45) is 1.25. The van der Waals surface area contributed by atoms with Crippen molar-refractivity contribution in [2.75, 3.05) is 12.8 Å². The number of anilines is 1. The van der Waals surface area contributed by atoms with Crippen LogP contribution in [0.1, 0.15) is 0 Å². The first-order valence-electron chi connectivity index (χ1n) is 2.56. The fourth-order valence-electron chi connectivity index (χ4n) is 0.459. The summed E-state index contributed by atoms with van der Waals surface area (Å²) in [4.78, 5) is 6.78. The lowest BCUT2D eigenvalue weighted by molar-refractivity contribution is 0.385. The summed E-state index contributed by atoms with van der Waals surface area (Å²) >= 11 is 0. The van der Waals surface area contributed by atoms with Crippen LogP contribution in [0.4, 0.5) is 10.2 Å². The smallest absolute Gasteiger partial charge is 0.258 e. The maximum atomic E-state index is 12.4. The zero-order chi connectivity index (χ0) is 7.56. The standard InChI is InChI=1S/C5H6FN3O/c1-10-3-2-8-5(7)4(6)9-3/h2H,1H3,(H2,7,8). The molecule has 5 heteroatoms. The van der Waals surface area contributed by atoms with Crippen LogP contribution in [-0.4, -0.2) is 17.1 Å². The molecule has 0 aliphatic rings. The minimum Gasteiger partial charge on any atom is -0.480 e. The molecule has 0 unspecified atom stereocenters. The second kappa shape index (κ2) is 2.47. The SMILES string of the molecule is COc1cnc(N)c(F)n1. The zero-order valence-corrected chi connectivity index (χ0v) is 5.34. The Balaban J connectivity index is 3.04. The number of methoxy groups -OCH3 is 1. The monoisotopic (exact) mass is 143 g/mol. The maximum Gasteiger partial charge on any atom is 0.258 e. The predicted molar refractivity (Wildman–Crippen MR) is 33.0 cm³/mol. The fourth-order valence-corrected chi connectivity index (χ4v) is 0.459. The third kappa shape index (κ3) is 1.12. The topological polar surface area (TPSA) is 61.0 Å². The second-order valence-corrected chi connectivity index (χ2v) is 1.59. The first-order chi connectivity index (χ1) is 4.74. The van der Waals surface area contributed by atoms with E-state index in [1.807, 2.05) is 0 Å². The number of hydrogen-bond donors (Lipinski definition) is 1. The van der Waals surface area contributed by atoms with E-state index < -0.39 is 5.95 Å². The Hall–Kier alpha value is -1.39. The van der Waals surface area contributed by atoms with Gasteiger partial charge in [0, 0.05) is 0 Å². The maximum absolute atomic E-state index is 12.4. The molecule has 1 rings (SSSR count). The predicted octanol–water partition coefficient (Wildman–Crippen LogP) is 0.207. The molecule has 0 fully saturated rings. The summed E-state index contributed by atoms with van der Waals surface area (Å²) in [5.74, 6) is -0.910. The van der Waals surface area contributed by atoms with E-state index in [9.17, 15) is 4.39 Å². The lowest BCUT2D eigenvalue weighted by atomic mass is 10.6. The van der Waals surface area contributed by atoms with Crippen molar-refractivity contribution in [1.82, 2.24) is 9.97 Å². The summed E-state index contributed by atoms with van der Waals surface area (Å²) in [7, 11) is 1.37. The van der Waals surface area contributed by atoms with Gasteiger partial charge >= 0.3 is 0 Å². The van der Waals surface area contributed by atoms with Crippen LogP contribution in [0.5, 0.6) is 5.88 Å². The van der Waals surface area contributed by atoms with E-state index in [2.05, 4.69) is 14.7 Å². The van der Waals surface area contributed by atoms with E-state index in [4.69, 9.17) is 5.73 Å². The average molecular weight is 143 g/mol. The van der Waals surface area contributed by atoms with E-state index in [0.29, 0.717) is 0 Å². The van der Waals surface area contributed by atoms with Gasteiger partial charge in [0.15, 0.2) is 5.82 Å². The van der Waals surface area contributed by atoms with Crippen molar-refractivity contribution in [2.45, 2.75) is 0 Å². The molecule has 0 aromatic carbocycles. The Labute approximate surface area is 56.9 Å². The molecule has 0 aliphatic carbocycles. The van der Waals surface area contributed by atoms with Crippen molar-refractivity contribution in [2.24, 2.45) is 0 Å². The molecule has 0 saturated carbocycles. The molecule has 0 spiro atoms. The van der Waals surface area contributed by atoms with Crippen molar-refractivity contribution in [1.29, 1.82) is 0 Å². The molecule has 0 saturated heterocycles. The Morgan fingerprint density at radius 3 is 2.90 bits per heavy atom. The third-order valence-corrected chi connectivity index (χ3v) is 0.943.